The van der Waals surface area contributed by atoms with E-state index >= 15 is 0 Å². The van der Waals surface area contributed by atoms with Crippen molar-refractivity contribution in [3.05, 3.63) is 12.3 Å². The van der Waals surface area contributed by atoms with E-state index in [9.17, 15) is 4.79 Å². The minimum atomic E-state index is -0.960. The molecule has 1 saturated heterocycles. The highest BCUT2D eigenvalue weighted by atomic mass is 16.4. The molecule has 1 fully saturated rings. The van der Waals surface area contributed by atoms with Crippen LogP contribution in [0.5, 0.6) is 0 Å². The molecule has 2 heterocycles. The van der Waals surface area contributed by atoms with Gasteiger partial charge in [0.25, 0.3) is 0 Å². The van der Waals surface area contributed by atoms with Gasteiger partial charge in [-0.15, -0.1) is 0 Å². The van der Waals surface area contributed by atoms with Gasteiger partial charge in [0.05, 0.1) is 0 Å². The quantitative estimate of drug-likeness (QED) is 0.556. The number of carboxylic acids is 1. The number of carbonyl (C=O) groups is 1. The minimum Gasteiger partial charge on any atom is -0.477 e. The lowest BCUT2D eigenvalue weighted by molar-refractivity contribution is -0.129. The first-order valence-electron chi connectivity index (χ1n) is 3.78. The third-order valence-electron chi connectivity index (χ3n) is 1.92. The van der Waals surface area contributed by atoms with Gasteiger partial charge in [-0.25, -0.2) is 10.2 Å². The van der Waals surface area contributed by atoms with Crippen LogP contribution in [0.15, 0.2) is 17.3 Å². The first kappa shape index (κ1) is 7.30. The summed E-state index contributed by atoms with van der Waals surface area (Å²) in [5.74, 6) is -0.960. The number of aliphatic carboxylic acids is 1. The van der Waals surface area contributed by atoms with E-state index in [1.165, 1.54) is 6.08 Å². The lowest BCUT2D eigenvalue weighted by Gasteiger charge is -2.21. The molecule has 0 aromatic rings. The SMILES string of the molecule is O=C(O)C1=NC2CCNN2C=C1. The molecule has 0 aromatic carbocycles. The van der Waals surface area contributed by atoms with Crippen molar-refractivity contribution in [2.45, 2.75) is 12.6 Å². The standard InChI is InChI=1S/C7H9N3O2/c11-7(12)5-2-4-10-6(9-5)1-3-8-10/h2,4,6,8H,1,3H2,(H,11,12). The average Bonchev–Trinajstić information content (AvgIpc) is 2.49. The van der Waals surface area contributed by atoms with Crippen LogP contribution >= 0.6 is 0 Å². The number of hydrogen-bond donors (Lipinski definition) is 2. The molecule has 2 N–H and O–H groups in total. The lowest BCUT2D eigenvalue weighted by atomic mass is 10.3. The van der Waals surface area contributed by atoms with Gasteiger partial charge in [0.15, 0.2) is 0 Å². The molecule has 5 nitrogen and oxygen atoms in total. The number of hydrogen-bond acceptors (Lipinski definition) is 4. The third-order valence-corrected chi connectivity index (χ3v) is 1.92. The van der Waals surface area contributed by atoms with Gasteiger partial charge < -0.3 is 5.11 Å². The fourth-order valence-electron chi connectivity index (χ4n) is 1.33. The van der Waals surface area contributed by atoms with Gasteiger partial charge in [-0.1, -0.05) is 0 Å². The summed E-state index contributed by atoms with van der Waals surface area (Å²) >= 11 is 0. The van der Waals surface area contributed by atoms with E-state index in [-0.39, 0.29) is 11.9 Å². The molecule has 12 heavy (non-hydrogen) atoms. The summed E-state index contributed by atoms with van der Waals surface area (Å²) in [5, 5.41) is 10.5. The Hall–Kier alpha value is -1.36. The van der Waals surface area contributed by atoms with Crippen molar-refractivity contribution in [2.75, 3.05) is 6.54 Å². The Morgan fingerprint density at radius 2 is 2.67 bits per heavy atom. The lowest BCUT2D eigenvalue weighted by Crippen LogP contribution is -2.35. The number of nitrogens with one attached hydrogen (secondary N) is 1. The number of carboxylic acid groups (broad SMARTS) is 1. The van der Waals surface area contributed by atoms with Gasteiger partial charge in [0.2, 0.25) is 0 Å². The van der Waals surface area contributed by atoms with Gasteiger partial charge in [-0.05, 0) is 6.08 Å². The minimum absolute atomic E-state index is 0.0268. The zero-order valence-corrected chi connectivity index (χ0v) is 6.40. The molecular weight excluding hydrogens is 158 g/mol. The Kier molecular flexibility index (Phi) is 1.58. The van der Waals surface area contributed by atoms with Crippen LogP contribution in [-0.4, -0.2) is 34.5 Å². The van der Waals surface area contributed by atoms with E-state index < -0.39 is 5.97 Å². The molecule has 2 aliphatic heterocycles. The number of nitrogens with zero attached hydrogens (tertiary/aromatic N) is 2. The van der Waals surface area contributed by atoms with Crippen molar-refractivity contribution in [3.8, 4) is 0 Å². The molecule has 5 heteroatoms. The molecule has 0 radical (unpaired) electrons. The second-order valence-electron chi connectivity index (χ2n) is 2.72. The first-order chi connectivity index (χ1) is 5.77. The monoisotopic (exact) mass is 167 g/mol. The second-order valence-corrected chi connectivity index (χ2v) is 2.72. The molecular formula is C7H9N3O2. The van der Waals surface area contributed by atoms with E-state index in [1.807, 2.05) is 5.01 Å². The van der Waals surface area contributed by atoms with Gasteiger partial charge in [0.1, 0.15) is 11.9 Å². The Labute approximate surface area is 69.4 Å². The molecule has 64 valence electrons. The van der Waals surface area contributed by atoms with Crippen molar-refractivity contribution in [1.29, 1.82) is 0 Å². The van der Waals surface area contributed by atoms with Crippen LogP contribution in [0.25, 0.3) is 0 Å². The number of fused-ring (bicyclic) bond motifs is 1. The number of hydrazine groups is 1. The number of rotatable bonds is 1. The Morgan fingerprint density at radius 1 is 1.83 bits per heavy atom. The van der Waals surface area contributed by atoms with Crippen molar-refractivity contribution in [1.82, 2.24) is 10.4 Å². The fraction of sp³-hybridized carbons (Fsp3) is 0.429. The zero-order chi connectivity index (χ0) is 8.55. The molecule has 0 aromatic heterocycles. The predicted octanol–water partition coefficient (Wildman–Crippen LogP) is -0.424. The van der Waals surface area contributed by atoms with Crippen molar-refractivity contribution >= 4 is 11.7 Å². The summed E-state index contributed by atoms with van der Waals surface area (Å²) in [6.45, 7) is 0.853. The molecule has 0 saturated carbocycles. The Bertz CT molecular complexity index is 272. The van der Waals surface area contributed by atoms with Crippen LogP contribution in [0.1, 0.15) is 6.42 Å². The van der Waals surface area contributed by atoms with Crippen LogP contribution in [0.4, 0.5) is 0 Å². The summed E-state index contributed by atoms with van der Waals surface area (Å²) in [7, 11) is 0. The topological polar surface area (TPSA) is 64.9 Å². The summed E-state index contributed by atoms with van der Waals surface area (Å²) in [4.78, 5) is 14.6. The highest BCUT2D eigenvalue weighted by molar-refractivity contribution is 6.40. The average molecular weight is 167 g/mol. The molecule has 1 atom stereocenters. The maximum absolute atomic E-state index is 10.5. The van der Waals surface area contributed by atoms with Crippen LogP contribution in [-0.2, 0) is 4.79 Å². The van der Waals surface area contributed by atoms with Crippen LogP contribution < -0.4 is 5.43 Å². The molecule has 2 aliphatic rings. The van der Waals surface area contributed by atoms with E-state index in [0.717, 1.165) is 13.0 Å². The smallest absolute Gasteiger partial charge is 0.354 e. The summed E-state index contributed by atoms with van der Waals surface area (Å²) in [6.07, 6.45) is 4.05. The molecule has 0 aliphatic carbocycles. The summed E-state index contributed by atoms with van der Waals surface area (Å²) < 4.78 is 0. The van der Waals surface area contributed by atoms with E-state index in [1.54, 1.807) is 6.20 Å². The highest BCUT2D eigenvalue weighted by Crippen LogP contribution is 2.14. The normalized spacial score (nSPS) is 26.8. The summed E-state index contributed by atoms with van der Waals surface area (Å²) in [5.41, 5.74) is 3.20. The van der Waals surface area contributed by atoms with E-state index in [2.05, 4.69) is 10.4 Å². The van der Waals surface area contributed by atoms with Crippen LogP contribution in [0, 0.1) is 0 Å². The van der Waals surface area contributed by atoms with Gasteiger partial charge in [0, 0.05) is 19.2 Å². The van der Waals surface area contributed by atoms with Crippen molar-refractivity contribution in [3.63, 3.8) is 0 Å². The predicted molar refractivity (Wildman–Crippen MR) is 42.5 cm³/mol. The zero-order valence-electron chi connectivity index (χ0n) is 6.40. The Balaban J connectivity index is 2.20. The van der Waals surface area contributed by atoms with Crippen LogP contribution in [0.3, 0.4) is 0 Å². The van der Waals surface area contributed by atoms with Gasteiger partial charge in [-0.3, -0.25) is 10.0 Å². The second kappa shape index (κ2) is 2.60. The molecule has 0 amide bonds. The highest BCUT2D eigenvalue weighted by Gasteiger charge is 2.25. The van der Waals surface area contributed by atoms with Gasteiger partial charge >= 0.3 is 5.97 Å². The third kappa shape index (κ3) is 1.08. The van der Waals surface area contributed by atoms with Crippen molar-refractivity contribution in [2.24, 2.45) is 4.99 Å². The first-order valence-corrected chi connectivity index (χ1v) is 3.78. The molecule has 0 bridgehead atoms. The molecule has 2 rings (SSSR count). The van der Waals surface area contributed by atoms with E-state index in [0.29, 0.717) is 0 Å². The largest absolute Gasteiger partial charge is 0.477 e. The maximum Gasteiger partial charge on any atom is 0.354 e. The van der Waals surface area contributed by atoms with E-state index in [4.69, 9.17) is 5.11 Å². The van der Waals surface area contributed by atoms with Crippen LogP contribution in [0.2, 0.25) is 0 Å². The fourth-order valence-corrected chi connectivity index (χ4v) is 1.33. The Morgan fingerprint density at radius 3 is 3.42 bits per heavy atom. The van der Waals surface area contributed by atoms with Gasteiger partial charge in [-0.2, -0.15) is 0 Å². The van der Waals surface area contributed by atoms with Crippen molar-refractivity contribution < 1.29 is 9.90 Å². The molecule has 1 unspecified atom stereocenters. The molecule has 0 spiro atoms. The maximum atomic E-state index is 10.5. The number of aliphatic imine (C=N–C) groups is 1. The summed E-state index contributed by atoms with van der Waals surface area (Å²) in [6, 6.07) is 0.